The predicted molar refractivity (Wildman–Crippen MR) is 115 cm³/mol. The number of rotatable bonds is 6. The summed E-state index contributed by atoms with van der Waals surface area (Å²) in [5.74, 6) is -1.53. The van der Waals surface area contributed by atoms with Crippen LogP contribution in [0.5, 0.6) is 0 Å². The highest BCUT2D eigenvalue weighted by Gasteiger charge is 2.28. The van der Waals surface area contributed by atoms with Gasteiger partial charge in [-0.3, -0.25) is 14.9 Å². The molecule has 7 nitrogen and oxygen atoms in total. The standard InChI is InChI=1S/C20H21IN2O5/c1-11(2)22(12(3)4)19(24)15-10-13(20(25)26)8-9-14(15)18-16(21)6-5-7-17(18)23(27)28/h5-12H,1-4H3,(H,25,26). The number of carboxylic acid groups (broad SMARTS) is 1. The number of amides is 1. The molecule has 0 aromatic heterocycles. The minimum Gasteiger partial charge on any atom is -0.478 e. The Hall–Kier alpha value is -2.49. The van der Waals surface area contributed by atoms with Crippen LogP contribution < -0.4 is 0 Å². The quantitative estimate of drug-likeness (QED) is 0.351. The number of aromatic carboxylic acids is 1. The van der Waals surface area contributed by atoms with Crippen molar-refractivity contribution in [3.63, 3.8) is 0 Å². The highest BCUT2D eigenvalue weighted by Crippen LogP contribution is 2.37. The monoisotopic (exact) mass is 496 g/mol. The van der Waals surface area contributed by atoms with Gasteiger partial charge in [0.1, 0.15) is 0 Å². The molecule has 0 saturated carbocycles. The molecule has 0 unspecified atom stereocenters. The Morgan fingerprint density at radius 3 is 2.21 bits per heavy atom. The van der Waals surface area contributed by atoms with Crippen molar-refractivity contribution >= 4 is 40.2 Å². The van der Waals surface area contributed by atoms with Gasteiger partial charge in [0.05, 0.1) is 16.1 Å². The molecular formula is C20H21IN2O5. The lowest BCUT2D eigenvalue weighted by molar-refractivity contribution is -0.384. The Bertz CT molecular complexity index is 932. The molecule has 2 rings (SSSR count). The fourth-order valence-corrected chi connectivity index (χ4v) is 3.98. The van der Waals surface area contributed by atoms with Crippen LogP contribution in [0.1, 0.15) is 48.4 Å². The van der Waals surface area contributed by atoms with Crippen LogP contribution in [-0.4, -0.2) is 38.9 Å². The SMILES string of the molecule is CC(C)N(C(=O)c1cc(C(=O)O)ccc1-c1c(I)cccc1[N+](=O)[O-])C(C)C. The molecular weight excluding hydrogens is 475 g/mol. The van der Waals surface area contributed by atoms with Crippen LogP contribution in [0.2, 0.25) is 0 Å². The molecule has 0 aliphatic carbocycles. The summed E-state index contributed by atoms with van der Waals surface area (Å²) < 4.78 is 0.601. The zero-order valence-electron chi connectivity index (χ0n) is 16.0. The van der Waals surface area contributed by atoms with Gasteiger partial charge in [-0.2, -0.15) is 0 Å². The Labute approximate surface area is 176 Å². The lowest BCUT2D eigenvalue weighted by Gasteiger charge is -2.31. The van der Waals surface area contributed by atoms with E-state index in [1.54, 1.807) is 17.0 Å². The Morgan fingerprint density at radius 2 is 1.71 bits per heavy atom. The minimum absolute atomic E-state index is 0.0480. The minimum atomic E-state index is -1.17. The molecule has 0 saturated heterocycles. The number of benzene rings is 2. The molecule has 0 bridgehead atoms. The first-order valence-corrected chi connectivity index (χ1v) is 9.77. The number of hydrogen-bond donors (Lipinski definition) is 1. The molecule has 1 N–H and O–H groups in total. The number of carbonyl (C=O) groups excluding carboxylic acids is 1. The summed E-state index contributed by atoms with van der Waals surface area (Å²) in [6.07, 6.45) is 0. The molecule has 2 aromatic carbocycles. The van der Waals surface area contributed by atoms with Gasteiger partial charge in [0, 0.05) is 32.8 Å². The number of nitro groups is 1. The van der Waals surface area contributed by atoms with Crippen molar-refractivity contribution in [3.8, 4) is 11.1 Å². The maximum Gasteiger partial charge on any atom is 0.335 e. The van der Waals surface area contributed by atoms with Crippen molar-refractivity contribution in [2.24, 2.45) is 0 Å². The van der Waals surface area contributed by atoms with Gasteiger partial charge >= 0.3 is 5.97 Å². The van der Waals surface area contributed by atoms with Crippen molar-refractivity contribution in [3.05, 3.63) is 61.2 Å². The number of carboxylic acids is 1. The summed E-state index contributed by atoms with van der Waals surface area (Å²) >= 11 is 1.98. The largest absolute Gasteiger partial charge is 0.478 e. The molecule has 0 aliphatic rings. The second-order valence-corrected chi connectivity index (χ2v) is 8.02. The summed E-state index contributed by atoms with van der Waals surface area (Å²) in [5.41, 5.74) is 0.603. The van der Waals surface area contributed by atoms with E-state index in [4.69, 9.17) is 0 Å². The van der Waals surface area contributed by atoms with E-state index in [0.717, 1.165) is 0 Å². The molecule has 2 aromatic rings. The topological polar surface area (TPSA) is 101 Å². The molecule has 28 heavy (non-hydrogen) atoms. The first-order valence-electron chi connectivity index (χ1n) is 8.69. The van der Waals surface area contributed by atoms with Crippen molar-refractivity contribution in [2.45, 2.75) is 39.8 Å². The van der Waals surface area contributed by atoms with Gasteiger partial charge in [-0.05, 0) is 68.5 Å². The van der Waals surface area contributed by atoms with Crippen LogP contribution in [0.3, 0.4) is 0 Å². The third kappa shape index (κ3) is 4.32. The third-order valence-corrected chi connectivity index (χ3v) is 5.20. The number of hydrogen-bond acceptors (Lipinski definition) is 4. The van der Waals surface area contributed by atoms with Crippen molar-refractivity contribution in [1.29, 1.82) is 0 Å². The van der Waals surface area contributed by atoms with E-state index < -0.39 is 10.9 Å². The van der Waals surface area contributed by atoms with Crippen LogP contribution in [-0.2, 0) is 0 Å². The molecule has 0 atom stereocenters. The van der Waals surface area contributed by atoms with Crippen LogP contribution >= 0.6 is 22.6 Å². The van der Waals surface area contributed by atoms with Crippen molar-refractivity contribution in [2.75, 3.05) is 0 Å². The van der Waals surface area contributed by atoms with E-state index >= 15 is 0 Å². The highest BCUT2D eigenvalue weighted by molar-refractivity contribution is 14.1. The predicted octanol–water partition coefficient (Wildman–Crippen LogP) is 4.82. The first-order chi connectivity index (χ1) is 13.1. The summed E-state index contributed by atoms with van der Waals surface area (Å²) in [6.45, 7) is 7.47. The normalized spacial score (nSPS) is 11.0. The fourth-order valence-electron chi connectivity index (χ4n) is 3.21. The maximum absolute atomic E-state index is 13.3. The number of nitrogens with zero attached hydrogens (tertiary/aromatic N) is 2. The number of halogens is 1. The van der Waals surface area contributed by atoms with Gasteiger partial charge in [-0.25, -0.2) is 4.79 Å². The average Bonchev–Trinajstić information content (AvgIpc) is 2.60. The highest BCUT2D eigenvalue weighted by atomic mass is 127. The molecule has 0 heterocycles. The second kappa shape index (κ2) is 8.68. The van der Waals surface area contributed by atoms with Crippen LogP contribution in [0.4, 0.5) is 5.69 Å². The van der Waals surface area contributed by atoms with Crippen molar-refractivity contribution < 1.29 is 19.6 Å². The third-order valence-electron chi connectivity index (χ3n) is 4.30. The van der Waals surface area contributed by atoms with Gasteiger partial charge in [-0.15, -0.1) is 0 Å². The van der Waals surface area contributed by atoms with E-state index in [1.165, 1.54) is 24.3 Å². The summed E-state index contributed by atoms with van der Waals surface area (Å²) in [5, 5.41) is 20.9. The fraction of sp³-hybridized carbons (Fsp3) is 0.300. The summed E-state index contributed by atoms with van der Waals surface area (Å²) in [6, 6.07) is 8.54. The Morgan fingerprint density at radius 1 is 1.11 bits per heavy atom. The van der Waals surface area contributed by atoms with E-state index in [0.29, 0.717) is 14.7 Å². The lowest BCUT2D eigenvalue weighted by atomic mass is 9.94. The molecule has 1 amide bonds. The van der Waals surface area contributed by atoms with Crippen LogP contribution in [0, 0.1) is 13.7 Å². The smallest absolute Gasteiger partial charge is 0.335 e. The van der Waals surface area contributed by atoms with E-state index in [1.807, 2.05) is 50.3 Å². The summed E-state index contributed by atoms with van der Waals surface area (Å²) in [4.78, 5) is 37.5. The average molecular weight is 496 g/mol. The molecule has 0 radical (unpaired) electrons. The van der Waals surface area contributed by atoms with Gasteiger partial charge in [-0.1, -0.05) is 12.1 Å². The summed E-state index contributed by atoms with van der Waals surface area (Å²) in [7, 11) is 0. The molecule has 0 spiro atoms. The van der Waals surface area contributed by atoms with Crippen LogP contribution in [0.15, 0.2) is 36.4 Å². The van der Waals surface area contributed by atoms with Crippen molar-refractivity contribution in [1.82, 2.24) is 4.90 Å². The zero-order valence-corrected chi connectivity index (χ0v) is 18.1. The van der Waals surface area contributed by atoms with Gasteiger partial charge < -0.3 is 10.0 Å². The Kier molecular flexibility index (Phi) is 6.76. The first kappa shape index (κ1) is 21.8. The van der Waals surface area contributed by atoms with Gasteiger partial charge in [0.15, 0.2) is 0 Å². The lowest BCUT2D eigenvalue weighted by Crippen LogP contribution is -2.42. The van der Waals surface area contributed by atoms with Gasteiger partial charge in [0.25, 0.3) is 11.6 Å². The molecule has 148 valence electrons. The number of carbonyl (C=O) groups is 2. The zero-order chi connectivity index (χ0) is 21.2. The van der Waals surface area contributed by atoms with E-state index in [-0.39, 0.29) is 34.8 Å². The second-order valence-electron chi connectivity index (χ2n) is 6.86. The molecule has 8 heteroatoms. The Balaban J connectivity index is 2.83. The van der Waals surface area contributed by atoms with Gasteiger partial charge in [0.2, 0.25) is 0 Å². The van der Waals surface area contributed by atoms with E-state index in [9.17, 15) is 24.8 Å². The van der Waals surface area contributed by atoms with E-state index in [2.05, 4.69) is 0 Å². The molecule has 0 aliphatic heterocycles. The number of nitro benzene ring substituents is 1. The van der Waals surface area contributed by atoms with Crippen LogP contribution in [0.25, 0.3) is 11.1 Å². The molecule has 0 fully saturated rings. The maximum atomic E-state index is 13.3.